The molecule has 24 nitrogen and oxygen atoms in total. The van der Waals surface area contributed by atoms with Gasteiger partial charge in [0.25, 0.3) is 0 Å². The van der Waals surface area contributed by atoms with Gasteiger partial charge in [0.05, 0.1) is 36.0 Å². The molecule has 0 radical (unpaired) electrons. The molecule has 0 spiro atoms. The van der Waals surface area contributed by atoms with Crippen LogP contribution in [0.4, 0.5) is 18.4 Å². The minimum atomic E-state index is -4.04. The molecule has 3 fully saturated rings. The molecule has 90 heavy (non-hydrogen) atoms. The maximum absolute atomic E-state index is 13.8. The van der Waals surface area contributed by atoms with Gasteiger partial charge in [-0.05, 0) is 70.8 Å². The predicted molar refractivity (Wildman–Crippen MR) is 318 cm³/mol. The zero-order valence-corrected chi connectivity index (χ0v) is 50.9. The van der Waals surface area contributed by atoms with E-state index in [0.717, 1.165) is 51.2 Å². The Morgan fingerprint density at radius 1 is 0.500 bits per heavy atom. The van der Waals surface area contributed by atoms with Crippen molar-refractivity contribution in [3.8, 4) is 11.5 Å². The molecule has 0 saturated carbocycles. The Hall–Kier alpha value is -9.06. The molecule has 480 valence electrons. The van der Waals surface area contributed by atoms with Crippen molar-refractivity contribution in [2.24, 2.45) is 0 Å². The molecule has 3 heterocycles. The van der Waals surface area contributed by atoms with Gasteiger partial charge in [0.15, 0.2) is 11.2 Å². The van der Waals surface area contributed by atoms with E-state index in [0.29, 0.717) is 11.1 Å². The van der Waals surface area contributed by atoms with Crippen molar-refractivity contribution < 1.29 is 93.0 Å². The molecule has 6 N–H and O–H groups in total. The largest absolute Gasteiger partial charge is 0.480 e. The number of amides is 2. The fraction of sp³-hybridized carbons (Fsp3) is 0.323. The molecule has 28 heteroatoms. The van der Waals surface area contributed by atoms with Gasteiger partial charge < -0.3 is 59.9 Å². The van der Waals surface area contributed by atoms with E-state index in [1.54, 1.807) is 60.7 Å². The van der Waals surface area contributed by atoms with Crippen LogP contribution >= 0.6 is 0 Å². The summed E-state index contributed by atoms with van der Waals surface area (Å²) in [7, 11) is -8.08. The van der Waals surface area contributed by atoms with Gasteiger partial charge in [-0.1, -0.05) is 97.1 Å². The highest BCUT2D eigenvalue weighted by molar-refractivity contribution is 7.89. The number of halogens is 2. The van der Waals surface area contributed by atoms with Crippen LogP contribution in [0.25, 0.3) is 0 Å². The Balaban J connectivity index is 0.000000234. The third-order valence-electron chi connectivity index (χ3n) is 13.8. The van der Waals surface area contributed by atoms with Gasteiger partial charge in [0.2, 0.25) is 32.6 Å². The summed E-state index contributed by atoms with van der Waals surface area (Å²) in [5.41, 5.74) is -0.0200. The topological polar surface area (TPSA) is 321 Å². The number of carbonyl (C=O) groups is 6. The summed E-state index contributed by atoms with van der Waals surface area (Å²) < 4.78 is 116. The fourth-order valence-corrected chi connectivity index (χ4v) is 12.8. The van der Waals surface area contributed by atoms with E-state index >= 15 is 0 Å². The molecule has 3 saturated heterocycles. The summed E-state index contributed by atoms with van der Waals surface area (Å²) in [6.45, 7) is 9.18. The smallest absolute Gasteiger partial charge is 0.410 e. The number of benzene rings is 6. The number of carboxylic acid groups (broad SMARTS) is 2. The monoisotopic (exact) mass is 1290 g/mol. The van der Waals surface area contributed by atoms with Crippen LogP contribution in [0.15, 0.2) is 168 Å². The van der Waals surface area contributed by atoms with Crippen molar-refractivity contribution in [3.63, 3.8) is 0 Å². The number of aliphatic carboxylic acids is 2. The first-order valence-corrected chi connectivity index (χ1v) is 31.0. The van der Waals surface area contributed by atoms with Crippen LogP contribution in [0.2, 0.25) is 0 Å². The van der Waals surface area contributed by atoms with Gasteiger partial charge in [-0.15, -0.1) is 0 Å². The zero-order chi connectivity index (χ0) is 65.2. The van der Waals surface area contributed by atoms with Gasteiger partial charge in [0, 0.05) is 78.8 Å². The number of nitrogens with one attached hydrogen (secondary N) is 4. The molecular formula is C62H68F2N6O18S2. The summed E-state index contributed by atoms with van der Waals surface area (Å²) in [5, 5.41) is 30.0. The molecular weight excluding hydrogens is 1220 g/mol. The first-order valence-electron chi connectivity index (χ1n) is 28.1. The lowest BCUT2D eigenvalue weighted by Gasteiger charge is -2.48. The zero-order valence-electron chi connectivity index (χ0n) is 49.3. The Bertz CT molecular complexity index is 3460. The molecule has 0 aliphatic carbocycles. The molecule has 3 aliphatic rings. The second-order valence-electron chi connectivity index (χ2n) is 20.8. The lowest BCUT2D eigenvalue weighted by atomic mass is 9.87. The number of ether oxygens (including phenoxy) is 6. The average Bonchev–Trinajstić information content (AvgIpc) is 0.745. The highest BCUT2D eigenvalue weighted by atomic mass is 32.2. The van der Waals surface area contributed by atoms with E-state index in [4.69, 9.17) is 18.9 Å². The number of sulfonamides is 2. The molecule has 0 bridgehead atoms. The molecule has 6 aromatic rings. The van der Waals surface area contributed by atoms with Crippen molar-refractivity contribution in [1.29, 1.82) is 0 Å². The Kier molecular flexibility index (Phi) is 23.5. The van der Waals surface area contributed by atoms with E-state index in [2.05, 4.69) is 30.7 Å². The standard InChI is InChI=1S/2C29H29FN2O9S.C4H10N2/c2*1-19(33)39-20(2)40-28(36)31-26(27(34)35)15-21-8-6-13-25(14-21)42(37,38)32-17-29(18-32,22-9-4-3-5-10-22)41-24-12-7-11-23(30)16-24;1-2-6-4-3-5-1/h2*3-14,16,20,26H,15,17-18H2,1-2H3,(H,31,36)(H,34,35);5-6H,1-4H2. The van der Waals surface area contributed by atoms with Gasteiger partial charge in [-0.25, -0.2) is 44.8 Å². The second-order valence-corrected chi connectivity index (χ2v) is 24.7. The maximum Gasteiger partial charge on any atom is 0.410 e. The Morgan fingerprint density at radius 3 is 1.16 bits per heavy atom. The highest BCUT2D eigenvalue weighted by Gasteiger charge is 2.53. The van der Waals surface area contributed by atoms with E-state index < -0.39 is 104 Å². The predicted octanol–water partition coefficient (Wildman–Crippen LogP) is 6.05. The summed E-state index contributed by atoms with van der Waals surface area (Å²) in [6, 6.07) is 37.7. The highest BCUT2D eigenvalue weighted by Crippen LogP contribution is 2.42. The fourth-order valence-electron chi connectivity index (χ4n) is 9.60. The van der Waals surface area contributed by atoms with Crippen LogP contribution in [0.3, 0.4) is 0 Å². The maximum atomic E-state index is 13.8. The van der Waals surface area contributed by atoms with Crippen molar-refractivity contribution >= 4 is 56.1 Å². The van der Waals surface area contributed by atoms with E-state index in [1.807, 2.05) is 12.1 Å². The molecule has 2 amide bonds. The summed E-state index contributed by atoms with van der Waals surface area (Å²) >= 11 is 0. The molecule has 0 aromatic heterocycles. The van der Waals surface area contributed by atoms with Crippen molar-refractivity contribution in [1.82, 2.24) is 29.9 Å². The third-order valence-corrected chi connectivity index (χ3v) is 17.4. The second kappa shape index (κ2) is 30.9. The molecule has 9 rings (SSSR count). The number of nitrogens with zero attached hydrogens (tertiary/aromatic N) is 2. The van der Waals surface area contributed by atoms with E-state index in [-0.39, 0.29) is 60.3 Å². The number of piperazine rings is 1. The molecule has 4 unspecified atom stereocenters. The van der Waals surface area contributed by atoms with Gasteiger partial charge in [-0.3, -0.25) is 9.59 Å². The lowest BCUT2D eigenvalue weighted by molar-refractivity contribution is -0.163. The van der Waals surface area contributed by atoms with Crippen molar-refractivity contribution in [3.05, 3.63) is 192 Å². The van der Waals surface area contributed by atoms with Crippen LogP contribution in [-0.4, -0.2) is 149 Å². The van der Waals surface area contributed by atoms with Crippen molar-refractivity contribution in [2.75, 3.05) is 52.4 Å². The van der Waals surface area contributed by atoms with E-state index in [9.17, 15) is 64.6 Å². The number of carboxylic acids is 2. The van der Waals surface area contributed by atoms with Crippen LogP contribution in [0, 0.1) is 11.6 Å². The number of rotatable bonds is 22. The minimum Gasteiger partial charge on any atom is -0.480 e. The molecule has 4 atom stereocenters. The Labute approximate surface area is 518 Å². The lowest BCUT2D eigenvalue weighted by Crippen LogP contribution is -2.64. The number of esters is 2. The van der Waals surface area contributed by atoms with Crippen LogP contribution in [0.1, 0.15) is 49.9 Å². The SMILES string of the molecule is C1CNCCN1.CC(=O)OC(C)OC(=O)NC(Cc1cccc(S(=O)(=O)N2CC(Oc3cccc(F)c3)(c3ccccc3)C2)c1)C(=O)O.CC(=O)OC(C)OC(=O)NC(Cc1cccc(S(=O)(=O)N2CC(Oc3cccc(F)c3)(c3ccccc3)C2)c1)C(=O)O. The average molecular weight is 1290 g/mol. The first-order chi connectivity index (χ1) is 42.7. The first kappa shape index (κ1) is 68.4. The van der Waals surface area contributed by atoms with Gasteiger partial charge in [0.1, 0.15) is 35.2 Å². The van der Waals surface area contributed by atoms with Crippen LogP contribution in [0.5, 0.6) is 11.5 Å². The number of hydrogen-bond acceptors (Lipinski definition) is 18. The van der Waals surface area contributed by atoms with E-state index in [1.165, 1.54) is 107 Å². The summed E-state index contributed by atoms with van der Waals surface area (Å²) in [6.07, 6.45) is -5.25. The van der Waals surface area contributed by atoms with Gasteiger partial charge in [-0.2, -0.15) is 8.61 Å². The third kappa shape index (κ3) is 19.0. The minimum absolute atomic E-state index is 0.0498. The van der Waals surface area contributed by atoms with Gasteiger partial charge >= 0.3 is 36.1 Å². The quantitative estimate of drug-likeness (QED) is 0.0333. The van der Waals surface area contributed by atoms with Crippen molar-refractivity contribution in [2.45, 2.75) is 86.2 Å². The van der Waals surface area contributed by atoms with Crippen LogP contribution < -0.4 is 30.7 Å². The number of alkyl carbamates (subject to hydrolysis) is 2. The molecule has 6 aromatic carbocycles. The van der Waals surface area contributed by atoms with Crippen LogP contribution in [-0.2, 0) is 82.2 Å². The normalized spacial score (nSPS) is 16.4. The number of hydrogen-bond donors (Lipinski definition) is 6. The molecule has 3 aliphatic heterocycles. The summed E-state index contributed by atoms with van der Waals surface area (Å²) in [4.78, 5) is 69.7. The Morgan fingerprint density at radius 2 is 0.844 bits per heavy atom. The summed E-state index contributed by atoms with van der Waals surface area (Å²) in [5.74, 6) is -4.61. The number of carbonyl (C=O) groups excluding carboxylic acids is 4.